The molecule has 1 saturated heterocycles. The Morgan fingerprint density at radius 3 is 2.74 bits per heavy atom. The van der Waals surface area contributed by atoms with E-state index in [1.165, 1.54) is 10.6 Å². The standard InChI is InChI=1S/C14H15N3O2/c1-10-4-5-12-15-8-11(14(19)17(12)9-10)13(18)16-6-2-3-7-16/h4-5,8-9H,2-3,6-7H2,1H3. The maximum Gasteiger partial charge on any atom is 0.270 e. The molecule has 98 valence electrons. The van der Waals surface area contributed by atoms with Gasteiger partial charge in [0.25, 0.3) is 11.5 Å². The monoisotopic (exact) mass is 257 g/mol. The highest BCUT2D eigenvalue weighted by atomic mass is 16.2. The van der Waals surface area contributed by atoms with E-state index in [-0.39, 0.29) is 17.0 Å². The van der Waals surface area contributed by atoms with E-state index in [9.17, 15) is 9.59 Å². The first kappa shape index (κ1) is 11.9. The Hall–Kier alpha value is -2.17. The van der Waals surface area contributed by atoms with Gasteiger partial charge in [-0.05, 0) is 31.4 Å². The molecule has 0 N–H and O–H groups in total. The van der Waals surface area contributed by atoms with E-state index in [0.29, 0.717) is 5.65 Å². The Labute approximate surface area is 110 Å². The Morgan fingerprint density at radius 2 is 2.00 bits per heavy atom. The molecule has 5 nitrogen and oxygen atoms in total. The Kier molecular flexibility index (Phi) is 2.81. The number of nitrogens with zero attached hydrogens (tertiary/aromatic N) is 3. The molecular formula is C14H15N3O2. The number of rotatable bonds is 1. The van der Waals surface area contributed by atoms with Gasteiger partial charge in [0.1, 0.15) is 11.2 Å². The summed E-state index contributed by atoms with van der Waals surface area (Å²) >= 11 is 0. The van der Waals surface area contributed by atoms with E-state index in [4.69, 9.17) is 0 Å². The third-order valence-electron chi connectivity index (χ3n) is 3.47. The minimum Gasteiger partial charge on any atom is -0.338 e. The first-order chi connectivity index (χ1) is 9.16. The predicted octanol–water partition coefficient (Wildman–Crippen LogP) is 1.24. The van der Waals surface area contributed by atoms with Gasteiger partial charge in [-0.2, -0.15) is 0 Å². The molecule has 0 aliphatic carbocycles. The molecule has 3 rings (SSSR count). The van der Waals surface area contributed by atoms with E-state index in [0.717, 1.165) is 31.5 Å². The molecule has 0 radical (unpaired) electrons. The average Bonchev–Trinajstić information content (AvgIpc) is 2.93. The van der Waals surface area contributed by atoms with Crippen molar-refractivity contribution >= 4 is 11.6 Å². The van der Waals surface area contributed by atoms with Crippen LogP contribution in [0.15, 0.2) is 29.3 Å². The van der Waals surface area contributed by atoms with Gasteiger partial charge in [0.2, 0.25) is 0 Å². The summed E-state index contributed by atoms with van der Waals surface area (Å²) in [5, 5.41) is 0. The van der Waals surface area contributed by atoms with Gasteiger partial charge in [-0.25, -0.2) is 4.98 Å². The zero-order valence-corrected chi connectivity index (χ0v) is 10.8. The lowest BCUT2D eigenvalue weighted by Gasteiger charge is -2.14. The van der Waals surface area contributed by atoms with E-state index >= 15 is 0 Å². The lowest BCUT2D eigenvalue weighted by atomic mass is 10.2. The Bertz CT molecular complexity index is 699. The van der Waals surface area contributed by atoms with Crippen molar-refractivity contribution in [1.29, 1.82) is 0 Å². The summed E-state index contributed by atoms with van der Waals surface area (Å²) in [5.41, 5.74) is 1.39. The summed E-state index contributed by atoms with van der Waals surface area (Å²) in [4.78, 5) is 30.5. The van der Waals surface area contributed by atoms with Crippen molar-refractivity contribution in [3.05, 3.63) is 46.0 Å². The molecule has 2 aromatic rings. The highest BCUT2D eigenvalue weighted by molar-refractivity contribution is 5.93. The van der Waals surface area contributed by atoms with Crippen LogP contribution in [0.1, 0.15) is 28.8 Å². The fourth-order valence-electron chi connectivity index (χ4n) is 2.42. The largest absolute Gasteiger partial charge is 0.338 e. The Morgan fingerprint density at radius 1 is 1.26 bits per heavy atom. The lowest BCUT2D eigenvalue weighted by molar-refractivity contribution is 0.0790. The molecular weight excluding hydrogens is 242 g/mol. The third-order valence-corrected chi connectivity index (χ3v) is 3.47. The molecule has 0 bridgehead atoms. The van der Waals surface area contributed by atoms with Gasteiger partial charge in [-0.3, -0.25) is 14.0 Å². The second-order valence-electron chi connectivity index (χ2n) is 4.91. The average molecular weight is 257 g/mol. The summed E-state index contributed by atoms with van der Waals surface area (Å²) < 4.78 is 1.44. The summed E-state index contributed by atoms with van der Waals surface area (Å²) in [5.74, 6) is -0.203. The molecule has 0 aromatic carbocycles. The number of hydrogen-bond acceptors (Lipinski definition) is 3. The molecule has 0 saturated carbocycles. The number of amides is 1. The van der Waals surface area contributed by atoms with Gasteiger partial charge in [-0.1, -0.05) is 6.07 Å². The molecule has 1 amide bonds. The van der Waals surface area contributed by atoms with Crippen LogP contribution in [0.2, 0.25) is 0 Å². The van der Waals surface area contributed by atoms with Crippen molar-refractivity contribution in [3.8, 4) is 0 Å². The van der Waals surface area contributed by atoms with Crippen molar-refractivity contribution < 1.29 is 4.79 Å². The number of pyridine rings is 1. The van der Waals surface area contributed by atoms with Crippen molar-refractivity contribution in [2.75, 3.05) is 13.1 Å². The molecule has 1 fully saturated rings. The van der Waals surface area contributed by atoms with E-state index in [1.807, 2.05) is 13.0 Å². The molecule has 1 aliphatic rings. The van der Waals surface area contributed by atoms with Gasteiger partial charge >= 0.3 is 0 Å². The summed E-state index contributed by atoms with van der Waals surface area (Å²) in [7, 11) is 0. The fourth-order valence-corrected chi connectivity index (χ4v) is 2.42. The van der Waals surface area contributed by atoms with Crippen LogP contribution in [0.3, 0.4) is 0 Å². The zero-order valence-electron chi connectivity index (χ0n) is 10.8. The Balaban J connectivity index is 2.11. The van der Waals surface area contributed by atoms with Crippen LogP contribution in [0.4, 0.5) is 0 Å². The molecule has 1 aliphatic heterocycles. The van der Waals surface area contributed by atoms with E-state index in [1.54, 1.807) is 17.2 Å². The van der Waals surface area contributed by atoms with Gasteiger partial charge in [0.15, 0.2) is 0 Å². The van der Waals surface area contributed by atoms with E-state index in [2.05, 4.69) is 4.98 Å². The van der Waals surface area contributed by atoms with Gasteiger partial charge in [0, 0.05) is 25.5 Å². The number of carbonyl (C=O) groups excluding carboxylic acids is 1. The van der Waals surface area contributed by atoms with Crippen LogP contribution < -0.4 is 5.56 Å². The number of hydrogen-bond donors (Lipinski definition) is 0. The second-order valence-corrected chi connectivity index (χ2v) is 4.91. The first-order valence-electron chi connectivity index (χ1n) is 6.44. The number of likely N-dealkylation sites (tertiary alicyclic amines) is 1. The fraction of sp³-hybridized carbons (Fsp3) is 0.357. The summed E-state index contributed by atoms with van der Waals surface area (Å²) in [6, 6.07) is 3.67. The van der Waals surface area contributed by atoms with Crippen molar-refractivity contribution in [1.82, 2.24) is 14.3 Å². The van der Waals surface area contributed by atoms with Crippen molar-refractivity contribution in [2.24, 2.45) is 0 Å². The van der Waals surface area contributed by atoms with Crippen molar-refractivity contribution in [2.45, 2.75) is 19.8 Å². The lowest BCUT2D eigenvalue weighted by Crippen LogP contribution is -2.34. The minimum atomic E-state index is -0.286. The number of fused-ring (bicyclic) bond motifs is 1. The summed E-state index contributed by atoms with van der Waals surface area (Å²) in [6.07, 6.45) is 5.12. The quantitative estimate of drug-likeness (QED) is 0.772. The smallest absolute Gasteiger partial charge is 0.270 e. The predicted molar refractivity (Wildman–Crippen MR) is 71.3 cm³/mol. The van der Waals surface area contributed by atoms with Crippen LogP contribution in [0.5, 0.6) is 0 Å². The number of aromatic nitrogens is 2. The normalized spacial score (nSPS) is 15.1. The van der Waals surface area contributed by atoms with E-state index < -0.39 is 0 Å². The number of aryl methyl sites for hydroxylation is 1. The molecule has 0 unspecified atom stereocenters. The van der Waals surface area contributed by atoms with Gasteiger partial charge in [-0.15, -0.1) is 0 Å². The van der Waals surface area contributed by atoms with Gasteiger partial charge in [0.05, 0.1) is 0 Å². The highest BCUT2D eigenvalue weighted by Crippen LogP contribution is 2.11. The molecule has 3 heterocycles. The van der Waals surface area contributed by atoms with Crippen LogP contribution in [-0.4, -0.2) is 33.3 Å². The third kappa shape index (κ3) is 2.01. The summed E-state index contributed by atoms with van der Waals surface area (Å²) in [6.45, 7) is 3.37. The topological polar surface area (TPSA) is 54.7 Å². The maximum atomic E-state index is 12.4. The van der Waals surface area contributed by atoms with Crippen molar-refractivity contribution in [3.63, 3.8) is 0 Å². The second kappa shape index (κ2) is 4.50. The SMILES string of the molecule is Cc1ccc2ncc(C(=O)N3CCCC3)c(=O)n2c1. The molecule has 19 heavy (non-hydrogen) atoms. The molecule has 5 heteroatoms. The highest BCUT2D eigenvalue weighted by Gasteiger charge is 2.22. The first-order valence-corrected chi connectivity index (χ1v) is 6.44. The van der Waals surface area contributed by atoms with Crippen LogP contribution in [-0.2, 0) is 0 Å². The van der Waals surface area contributed by atoms with Crippen LogP contribution in [0.25, 0.3) is 5.65 Å². The molecule has 0 spiro atoms. The maximum absolute atomic E-state index is 12.4. The molecule has 2 aromatic heterocycles. The number of carbonyl (C=O) groups is 1. The van der Waals surface area contributed by atoms with Gasteiger partial charge < -0.3 is 4.90 Å². The molecule has 0 atom stereocenters. The van der Waals surface area contributed by atoms with Crippen LogP contribution in [0, 0.1) is 6.92 Å². The zero-order chi connectivity index (χ0) is 13.4. The van der Waals surface area contributed by atoms with Crippen LogP contribution >= 0.6 is 0 Å². The minimum absolute atomic E-state index is 0.157.